The molecule has 146 valence electrons. The maximum absolute atomic E-state index is 11.1. The molecule has 1 aliphatic heterocycles. The molecule has 1 saturated heterocycles. The summed E-state index contributed by atoms with van der Waals surface area (Å²) in [5.74, 6) is 0. The van der Waals surface area contributed by atoms with Crippen LogP contribution >= 0.6 is 0 Å². The van der Waals surface area contributed by atoms with Crippen molar-refractivity contribution in [3.05, 3.63) is 42.2 Å². The molecule has 0 bridgehead atoms. The normalized spacial score (nSPS) is 19.3. The summed E-state index contributed by atoms with van der Waals surface area (Å²) in [6, 6.07) is 8.57. The van der Waals surface area contributed by atoms with Crippen molar-refractivity contribution in [1.29, 1.82) is 5.26 Å². The topological polar surface area (TPSA) is 136 Å². The van der Waals surface area contributed by atoms with E-state index in [2.05, 4.69) is 16.4 Å². The number of carboxylic acid groups (broad SMARTS) is 1. The van der Waals surface area contributed by atoms with E-state index in [0.717, 1.165) is 5.56 Å². The Hall–Kier alpha value is -3.31. The second kappa shape index (κ2) is 7.37. The molecule has 0 aliphatic carbocycles. The number of aliphatic hydroxyl groups is 1. The van der Waals surface area contributed by atoms with Crippen molar-refractivity contribution in [3.8, 4) is 17.2 Å². The van der Waals surface area contributed by atoms with Crippen molar-refractivity contribution in [2.24, 2.45) is 0 Å². The summed E-state index contributed by atoms with van der Waals surface area (Å²) in [5.41, 5.74) is 8.32. The Morgan fingerprint density at radius 1 is 1.43 bits per heavy atom. The second-order valence-electron chi connectivity index (χ2n) is 7.51. The number of hydrogen-bond acceptors (Lipinski definition) is 6. The van der Waals surface area contributed by atoms with Gasteiger partial charge in [-0.2, -0.15) is 5.26 Å². The molecule has 5 N–H and O–H groups in total. The van der Waals surface area contributed by atoms with Crippen molar-refractivity contribution in [2.75, 3.05) is 17.2 Å². The Labute approximate surface area is 163 Å². The van der Waals surface area contributed by atoms with E-state index >= 15 is 0 Å². The summed E-state index contributed by atoms with van der Waals surface area (Å²) in [4.78, 5) is 17.1. The van der Waals surface area contributed by atoms with Crippen molar-refractivity contribution >= 4 is 17.5 Å². The minimum atomic E-state index is -1.10. The SMILES string of the molecule is CC(C)(O)[C@@H]1CC(NC(=O)O)CN1c1cc(-c2cnccc2C#N)ccc1N. The van der Waals surface area contributed by atoms with Crippen LogP contribution in [0.4, 0.5) is 16.2 Å². The zero-order valence-electron chi connectivity index (χ0n) is 15.8. The van der Waals surface area contributed by atoms with Crippen LogP contribution in [0.1, 0.15) is 25.8 Å². The Bertz CT molecular complexity index is 932. The molecule has 1 amide bonds. The van der Waals surface area contributed by atoms with E-state index in [0.29, 0.717) is 35.5 Å². The number of nitrogens with one attached hydrogen (secondary N) is 1. The van der Waals surface area contributed by atoms with Gasteiger partial charge in [-0.15, -0.1) is 0 Å². The molecule has 8 nitrogen and oxygen atoms in total. The number of aromatic nitrogens is 1. The van der Waals surface area contributed by atoms with Gasteiger partial charge in [0.15, 0.2) is 0 Å². The van der Waals surface area contributed by atoms with Crippen LogP contribution in [-0.4, -0.2) is 45.5 Å². The molecule has 3 rings (SSSR count). The number of amides is 1. The molecule has 1 fully saturated rings. The zero-order valence-corrected chi connectivity index (χ0v) is 15.8. The van der Waals surface area contributed by atoms with E-state index in [4.69, 9.17) is 10.8 Å². The number of hydrogen-bond donors (Lipinski definition) is 4. The van der Waals surface area contributed by atoms with Crippen LogP contribution < -0.4 is 16.0 Å². The summed E-state index contributed by atoms with van der Waals surface area (Å²) in [6.07, 6.45) is 2.54. The van der Waals surface area contributed by atoms with Gasteiger partial charge in [0, 0.05) is 24.5 Å². The van der Waals surface area contributed by atoms with E-state index < -0.39 is 11.7 Å². The molecule has 2 atom stereocenters. The average molecular weight is 381 g/mol. The van der Waals surface area contributed by atoms with Crippen molar-refractivity contribution in [3.63, 3.8) is 0 Å². The minimum absolute atomic E-state index is 0.328. The van der Waals surface area contributed by atoms with Crippen molar-refractivity contribution in [1.82, 2.24) is 10.3 Å². The van der Waals surface area contributed by atoms with Gasteiger partial charge < -0.3 is 26.2 Å². The van der Waals surface area contributed by atoms with Gasteiger partial charge in [-0.05, 0) is 44.0 Å². The predicted molar refractivity (Wildman–Crippen MR) is 106 cm³/mol. The Morgan fingerprint density at radius 3 is 2.82 bits per heavy atom. The maximum atomic E-state index is 11.1. The number of carbonyl (C=O) groups is 1. The van der Waals surface area contributed by atoms with Gasteiger partial charge >= 0.3 is 6.09 Å². The van der Waals surface area contributed by atoms with E-state index in [1.165, 1.54) is 0 Å². The third-order valence-electron chi connectivity index (χ3n) is 5.04. The fourth-order valence-corrected chi connectivity index (χ4v) is 3.73. The first-order chi connectivity index (χ1) is 13.2. The Morgan fingerprint density at radius 2 is 2.18 bits per heavy atom. The largest absolute Gasteiger partial charge is 0.465 e. The lowest BCUT2D eigenvalue weighted by molar-refractivity contribution is 0.0525. The first-order valence-corrected chi connectivity index (χ1v) is 8.93. The lowest BCUT2D eigenvalue weighted by Crippen LogP contribution is -2.46. The molecule has 1 aromatic heterocycles. The lowest BCUT2D eigenvalue weighted by Gasteiger charge is -2.35. The highest BCUT2D eigenvalue weighted by molar-refractivity contribution is 5.79. The van der Waals surface area contributed by atoms with Crippen molar-refractivity contribution in [2.45, 2.75) is 38.0 Å². The highest BCUT2D eigenvalue weighted by atomic mass is 16.4. The van der Waals surface area contributed by atoms with Crippen LogP contribution in [0.2, 0.25) is 0 Å². The van der Waals surface area contributed by atoms with Crippen LogP contribution in [0.15, 0.2) is 36.7 Å². The van der Waals surface area contributed by atoms with Crippen LogP contribution in [-0.2, 0) is 0 Å². The number of nitriles is 1. The van der Waals surface area contributed by atoms with E-state index in [1.54, 1.807) is 38.4 Å². The maximum Gasteiger partial charge on any atom is 0.404 e. The first kappa shape index (κ1) is 19.5. The third-order valence-corrected chi connectivity index (χ3v) is 5.04. The van der Waals surface area contributed by atoms with Crippen LogP contribution in [0, 0.1) is 11.3 Å². The van der Waals surface area contributed by atoms with Crippen LogP contribution in [0.5, 0.6) is 0 Å². The van der Waals surface area contributed by atoms with Gasteiger partial charge in [-0.25, -0.2) is 4.79 Å². The smallest absolute Gasteiger partial charge is 0.404 e. The molecular weight excluding hydrogens is 358 g/mol. The summed E-state index contributed by atoms with van der Waals surface area (Å²) in [7, 11) is 0. The molecule has 2 aromatic rings. The second-order valence-corrected chi connectivity index (χ2v) is 7.51. The van der Waals surface area contributed by atoms with Gasteiger partial charge in [0.2, 0.25) is 0 Å². The summed E-state index contributed by atoms with van der Waals surface area (Å²) in [6.45, 7) is 3.78. The van der Waals surface area contributed by atoms with Crippen molar-refractivity contribution < 1.29 is 15.0 Å². The number of nitrogens with two attached hydrogens (primary N) is 1. The molecule has 1 unspecified atom stereocenters. The van der Waals surface area contributed by atoms with E-state index in [9.17, 15) is 15.2 Å². The number of benzene rings is 1. The van der Waals surface area contributed by atoms with E-state index in [-0.39, 0.29) is 12.1 Å². The number of pyridine rings is 1. The molecule has 8 heteroatoms. The third kappa shape index (κ3) is 3.85. The molecular formula is C20H23N5O3. The predicted octanol–water partition coefficient (Wildman–Crippen LogP) is 2.19. The van der Waals surface area contributed by atoms with Gasteiger partial charge in [0.1, 0.15) is 0 Å². The molecule has 0 radical (unpaired) electrons. The van der Waals surface area contributed by atoms with Gasteiger partial charge in [0.25, 0.3) is 0 Å². The quantitative estimate of drug-likeness (QED) is 0.596. The molecule has 28 heavy (non-hydrogen) atoms. The fourth-order valence-electron chi connectivity index (χ4n) is 3.73. The standard InChI is InChI=1S/C20H23N5O3/c1-20(2,28)18-8-14(24-19(26)27)11-25(18)17-7-12(3-4-16(17)22)15-10-23-6-5-13(15)9-21/h3-7,10,14,18,24,28H,8,11,22H2,1-2H3,(H,26,27)/t14?,18-/m0/s1. The number of nitrogens with zero attached hydrogens (tertiary/aromatic N) is 3. The molecule has 1 aliphatic rings. The summed E-state index contributed by atoms with van der Waals surface area (Å²) in [5, 5.41) is 31.6. The molecule has 0 spiro atoms. The van der Waals surface area contributed by atoms with Crippen LogP contribution in [0.25, 0.3) is 11.1 Å². The van der Waals surface area contributed by atoms with Gasteiger partial charge in [0.05, 0.1) is 40.7 Å². The zero-order chi connectivity index (χ0) is 20.5. The lowest BCUT2D eigenvalue weighted by atomic mass is 9.94. The first-order valence-electron chi connectivity index (χ1n) is 8.93. The highest BCUT2D eigenvalue weighted by Crippen LogP contribution is 2.38. The number of anilines is 2. The number of nitrogen functional groups attached to an aromatic ring is 1. The monoisotopic (exact) mass is 381 g/mol. The van der Waals surface area contributed by atoms with Gasteiger partial charge in [-0.1, -0.05) is 6.07 Å². The van der Waals surface area contributed by atoms with Gasteiger partial charge in [-0.3, -0.25) is 4.98 Å². The molecule has 2 heterocycles. The molecule has 1 aromatic carbocycles. The Kier molecular flexibility index (Phi) is 5.12. The minimum Gasteiger partial charge on any atom is -0.465 e. The molecule has 0 saturated carbocycles. The van der Waals surface area contributed by atoms with Crippen LogP contribution in [0.3, 0.4) is 0 Å². The summed E-state index contributed by atoms with van der Waals surface area (Å²) < 4.78 is 0. The highest BCUT2D eigenvalue weighted by Gasteiger charge is 2.42. The average Bonchev–Trinajstić information content (AvgIpc) is 3.05. The summed E-state index contributed by atoms with van der Waals surface area (Å²) >= 11 is 0. The fraction of sp³-hybridized carbons (Fsp3) is 0.350. The Balaban J connectivity index is 2.04. The number of rotatable bonds is 4. The van der Waals surface area contributed by atoms with E-state index in [1.807, 2.05) is 17.0 Å².